The Labute approximate surface area is 165 Å². The van der Waals surface area contributed by atoms with Crippen LogP contribution in [0, 0.1) is 0 Å². The van der Waals surface area contributed by atoms with Crippen LogP contribution in [0.15, 0.2) is 18.2 Å². The summed E-state index contributed by atoms with van der Waals surface area (Å²) in [5.74, 6) is 0.430. The van der Waals surface area contributed by atoms with Gasteiger partial charge in [-0.3, -0.25) is 14.5 Å². The number of nitrogens with zero attached hydrogens (tertiary/aromatic N) is 2. The van der Waals surface area contributed by atoms with Gasteiger partial charge in [-0.05, 0) is 37.3 Å². The third kappa shape index (κ3) is 3.12. The first-order valence-corrected chi connectivity index (χ1v) is 10.2. The average molecular weight is 385 g/mol. The molecule has 0 radical (unpaired) electrons. The zero-order valence-corrected chi connectivity index (χ0v) is 16.3. The molecule has 1 spiro atoms. The number of amides is 4. The molecule has 1 aromatic carbocycles. The number of hydrogen-bond donors (Lipinski definition) is 1. The molecule has 7 nitrogen and oxygen atoms in total. The van der Waals surface area contributed by atoms with Gasteiger partial charge in [-0.25, -0.2) is 4.79 Å². The number of benzene rings is 1. The molecule has 0 bridgehead atoms. The maximum absolute atomic E-state index is 13.0. The van der Waals surface area contributed by atoms with Gasteiger partial charge >= 0.3 is 6.03 Å². The summed E-state index contributed by atoms with van der Waals surface area (Å²) in [5.41, 5.74) is 1.18. The van der Waals surface area contributed by atoms with Crippen molar-refractivity contribution in [2.45, 2.75) is 56.9 Å². The molecule has 1 N–H and O–H groups in total. The maximum Gasteiger partial charge on any atom is 0.325 e. The quantitative estimate of drug-likeness (QED) is 0.808. The molecule has 4 rings (SSSR count). The average Bonchev–Trinajstić information content (AvgIpc) is 2.94. The lowest BCUT2D eigenvalue weighted by atomic mass is 9.82. The lowest BCUT2D eigenvalue weighted by Gasteiger charge is -2.32. The maximum atomic E-state index is 13.0. The second-order valence-electron chi connectivity index (χ2n) is 7.90. The summed E-state index contributed by atoms with van der Waals surface area (Å²) < 4.78 is 5.46. The van der Waals surface area contributed by atoms with Crippen molar-refractivity contribution in [2.75, 3.05) is 25.1 Å². The molecular formula is C21H27N3O4. The highest BCUT2D eigenvalue weighted by Gasteiger charge is 2.51. The summed E-state index contributed by atoms with van der Waals surface area (Å²) in [4.78, 5) is 41.2. The van der Waals surface area contributed by atoms with Crippen LogP contribution in [0.1, 0.15) is 50.5 Å². The van der Waals surface area contributed by atoms with Gasteiger partial charge in [0.2, 0.25) is 5.91 Å². The number of urea groups is 1. The Hall–Kier alpha value is -2.57. The molecule has 1 saturated heterocycles. The van der Waals surface area contributed by atoms with E-state index >= 15 is 0 Å². The third-order valence-corrected chi connectivity index (χ3v) is 6.20. The number of hydrogen-bond acceptors (Lipinski definition) is 4. The van der Waals surface area contributed by atoms with E-state index in [-0.39, 0.29) is 30.8 Å². The number of fused-ring (bicyclic) bond motifs is 1. The Morgan fingerprint density at radius 1 is 1.18 bits per heavy atom. The van der Waals surface area contributed by atoms with Gasteiger partial charge in [-0.15, -0.1) is 0 Å². The Balaban J connectivity index is 1.46. The minimum absolute atomic E-state index is 0.0874. The number of methoxy groups -OCH3 is 1. The van der Waals surface area contributed by atoms with E-state index in [1.807, 2.05) is 18.2 Å². The van der Waals surface area contributed by atoms with Crippen LogP contribution in [0.5, 0.6) is 5.75 Å². The second kappa shape index (κ2) is 7.45. The molecule has 7 heteroatoms. The predicted octanol–water partition coefficient (Wildman–Crippen LogP) is 2.62. The van der Waals surface area contributed by atoms with Crippen LogP contribution < -0.4 is 15.0 Å². The number of anilines is 1. The van der Waals surface area contributed by atoms with Crippen molar-refractivity contribution < 1.29 is 19.1 Å². The second-order valence-corrected chi connectivity index (χ2v) is 7.90. The summed E-state index contributed by atoms with van der Waals surface area (Å²) >= 11 is 0. The molecule has 1 saturated carbocycles. The zero-order valence-electron chi connectivity index (χ0n) is 16.3. The molecule has 1 aliphatic carbocycles. The smallest absolute Gasteiger partial charge is 0.325 e. The number of rotatable bonds is 4. The van der Waals surface area contributed by atoms with E-state index in [4.69, 9.17) is 4.74 Å². The van der Waals surface area contributed by atoms with Crippen molar-refractivity contribution in [3.8, 4) is 5.75 Å². The summed E-state index contributed by atoms with van der Waals surface area (Å²) in [6.45, 7) is 0.739. The van der Waals surface area contributed by atoms with E-state index < -0.39 is 5.54 Å². The summed E-state index contributed by atoms with van der Waals surface area (Å²) in [5, 5.41) is 2.90. The summed E-state index contributed by atoms with van der Waals surface area (Å²) in [6.07, 6.45) is 6.29. The summed E-state index contributed by atoms with van der Waals surface area (Å²) in [7, 11) is 1.60. The standard InChI is InChI=1S/C21H27N3O4/c1-28-16-9-5-7-15-8-6-13-23(18(15)16)17(25)10-14-24-19(26)21(22-20(24)27)11-3-2-4-12-21/h5,7,9H,2-4,6,8,10-14H2,1H3,(H,22,27). The highest BCUT2D eigenvalue weighted by molar-refractivity contribution is 6.07. The molecule has 1 aromatic rings. The van der Waals surface area contributed by atoms with Gasteiger partial charge in [0.15, 0.2) is 0 Å². The number of carbonyl (C=O) groups is 3. The highest BCUT2D eigenvalue weighted by atomic mass is 16.5. The lowest BCUT2D eigenvalue weighted by Crippen LogP contribution is -2.48. The van der Waals surface area contributed by atoms with Crippen LogP contribution in [0.25, 0.3) is 0 Å². The minimum Gasteiger partial charge on any atom is -0.495 e. The van der Waals surface area contributed by atoms with Crippen LogP contribution in [-0.4, -0.2) is 48.5 Å². The third-order valence-electron chi connectivity index (χ3n) is 6.20. The first-order valence-electron chi connectivity index (χ1n) is 10.2. The van der Waals surface area contributed by atoms with Gasteiger partial charge in [-0.1, -0.05) is 31.4 Å². The molecule has 4 amide bonds. The number of ether oxygens (including phenoxy) is 1. The number of nitrogens with one attached hydrogen (secondary N) is 1. The number of imide groups is 1. The molecule has 3 aliphatic rings. The van der Waals surface area contributed by atoms with Crippen LogP contribution in [0.3, 0.4) is 0 Å². The minimum atomic E-state index is -0.737. The molecule has 150 valence electrons. The van der Waals surface area contributed by atoms with E-state index in [1.165, 1.54) is 4.90 Å². The van der Waals surface area contributed by atoms with Crippen molar-refractivity contribution in [3.05, 3.63) is 23.8 Å². The van der Waals surface area contributed by atoms with E-state index in [0.29, 0.717) is 25.1 Å². The fourth-order valence-corrected chi connectivity index (χ4v) is 4.75. The fraction of sp³-hybridized carbons (Fsp3) is 0.571. The van der Waals surface area contributed by atoms with E-state index in [2.05, 4.69) is 5.32 Å². The fourth-order valence-electron chi connectivity index (χ4n) is 4.75. The SMILES string of the molecule is COc1cccc2c1N(C(=O)CCN1C(=O)NC3(CCCCC3)C1=O)CCC2. The highest BCUT2D eigenvalue weighted by Crippen LogP contribution is 2.37. The van der Waals surface area contributed by atoms with Crippen LogP contribution in [0.2, 0.25) is 0 Å². The zero-order chi connectivity index (χ0) is 19.7. The number of para-hydroxylation sites is 1. The van der Waals surface area contributed by atoms with Gasteiger partial charge in [-0.2, -0.15) is 0 Å². The molecule has 2 aliphatic heterocycles. The van der Waals surface area contributed by atoms with Gasteiger partial charge in [0.1, 0.15) is 11.3 Å². The number of aryl methyl sites for hydroxylation is 1. The van der Waals surface area contributed by atoms with Gasteiger partial charge in [0.05, 0.1) is 12.8 Å². The van der Waals surface area contributed by atoms with Crippen LogP contribution >= 0.6 is 0 Å². The molecule has 2 fully saturated rings. The molecule has 0 aromatic heterocycles. The van der Waals surface area contributed by atoms with E-state index in [1.54, 1.807) is 12.0 Å². The van der Waals surface area contributed by atoms with Gasteiger partial charge in [0, 0.05) is 19.5 Å². The molecule has 2 heterocycles. The van der Waals surface area contributed by atoms with Crippen LogP contribution in [-0.2, 0) is 16.0 Å². The van der Waals surface area contributed by atoms with E-state index in [0.717, 1.165) is 43.4 Å². The largest absolute Gasteiger partial charge is 0.495 e. The van der Waals surface area contributed by atoms with Gasteiger partial charge < -0.3 is 15.0 Å². The summed E-state index contributed by atoms with van der Waals surface area (Å²) in [6, 6.07) is 5.44. The van der Waals surface area contributed by atoms with E-state index in [9.17, 15) is 14.4 Å². The first-order chi connectivity index (χ1) is 13.6. The first kappa shape index (κ1) is 18.8. The van der Waals surface area contributed by atoms with Crippen molar-refractivity contribution in [1.29, 1.82) is 0 Å². The van der Waals surface area contributed by atoms with Gasteiger partial charge in [0.25, 0.3) is 5.91 Å². The Kier molecular flexibility index (Phi) is 5.00. The van der Waals surface area contributed by atoms with Crippen molar-refractivity contribution >= 4 is 23.5 Å². The molecule has 0 atom stereocenters. The Bertz CT molecular complexity index is 787. The molecule has 28 heavy (non-hydrogen) atoms. The monoisotopic (exact) mass is 385 g/mol. The molecular weight excluding hydrogens is 358 g/mol. The normalized spacial score (nSPS) is 20.9. The predicted molar refractivity (Wildman–Crippen MR) is 104 cm³/mol. The number of carbonyl (C=O) groups excluding carboxylic acids is 3. The van der Waals surface area contributed by atoms with Crippen LogP contribution in [0.4, 0.5) is 10.5 Å². The Morgan fingerprint density at radius 2 is 1.96 bits per heavy atom. The van der Waals surface area contributed by atoms with Crippen molar-refractivity contribution in [3.63, 3.8) is 0 Å². The van der Waals surface area contributed by atoms with Crippen molar-refractivity contribution in [2.24, 2.45) is 0 Å². The molecule has 0 unspecified atom stereocenters. The Morgan fingerprint density at radius 3 is 2.71 bits per heavy atom. The topological polar surface area (TPSA) is 79.0 Å². The van der Waals surface area contributed by atoms with Crippen molar-refractivity contribution in [1.82, 2.24) is 10.2 Å². The lowest BCUT2D eigenvalue weighted by molar-refractivity contribution is -0.132.